The van der Waals surface area contributed by atoms with E-state index in [1.807, 2.05) is 18.2 Å². The molecule has 148 valence electrons. The number of methoxy groups -OCH3 is 2. The molecule has 26 heavy (non-hydrogen) atoms. The molecule has 1 saturated heterocycles. The predicted molar refractivity (Wildman–Crippen MR) is 92.2 cm³/mol. The fourth-order valence-corrected chi connectivity index (χ4v) is 2.87. The summed E-state index contributed by atoms with van der Waals surface area (Å²) >= 11 is 0. The van der Waals surface area contributed by atoms with Gasteiger partial charge in [0.1, 0.15) is 24.4 Å². The average molecular weight is 372 g/mol. The fourth-order valence-electron chi connectivity index (χ4n) is 2.87. The van der Waals surface area contributed by atoms with E-state index in [-0.39, 0.29) is 0 Å². The molecule has 2 rings (SSSR count). The molecule has 0 aromatic heterocycles. The van der Waals surface area contributed by atoms with Crippen LogP contribution in [0.1, 0.15) is 18.4 Å². The summed E-state index contributed by atoms with van der Waals surface area (Å²) in [4.78, 5) is 0. The van der Waals surface area contributed by atoms with Crippen molar-refractivity contribution in [2.24, 2.45) is 0 Å². The molecule has 5 atom stereocenters. The molecule has 1 heterocycles. The number of hydrogen-bond acceptors (Lipinski definition) is 8. The van der Waals surface area contributed by atoms with E-state index in [0.717, 1.165) is 18.4 Å². The molecule has 4 N–H and O–H groups in total. The van der Waals surface area contributed by atoms with Gasteiger partial charge in [0.15, 0.2) is 17.8 Å². The number of benzene rings is 1. The molecule has 0 spiro atoms. The van der Waals surface area contributed by atoms with E-state index in [4.69, 9.17) is 24.1 Å². The highest BCUT2D eigenvalue weighted by Gasteiger charge is 2.43. The average Bonchev–Trinajstić information content (AvgIpc) is 2.67. The minimum absolute atomic E-state index is 0.315. The molecule has 0 saturated carbocycles. The molecule has 1 aromatic carbocycles. The van der Waals surface area contributed by atoms with Gasteiger partial charge in [0.05, 0.1) is 20.8 Å². The number of rotatable bonds is 9. The maximum absolute atomic E-state index is 9.90. The van der Waals surface area contributed by atoms with Gasteiger partial charge in [0.2, 0.25) is 0 Å². The van der Waals surface area contributed by atoms with Gasteiger partial charge in [-0.15, -0.1) is 0 Å². The minimum Gasteiger partial charge on any atom is -0.493 e. The summed E-state index contributed by atoms with van der Waals surface area (Å²) in [6.45, 7) is -0.153. The fraction of sp³-hybridized carbons (Fsp3) is 0.667. The van der Waals surface area contributed by atoms with Gasteiger partial charge in [0.25, 0.3) is 0 Å². The Morgan fingerprint density at radius 2 is 1.69 bits per heavy atom. The summed E-state index contributed by atoms with van der Waals surface area (Å²) in [5.74, 6) is 1.37. The minimum atomic E-state index is -1.42. The predicted octanol–water partition coefficient (Wildman–Crippen LogP) is -0.157. The second-order valence-corrected chi connectivity index (χ2v) is 6.21. The highest BCUT2D eigenvalue weighted by Crippen LogP contribution is 2.28. The van der Waals surface area contributed by atoms with Crippen LogP contribution in [0.15, 0.2) is 18.2 Å². The quantitative estimate of drug-likeness (QED) is 0.442. The Balaban J connectivity index is 1.75. The highest BCUT2D eigenvalue weighted by molar-refractivity contribution is 5.42. The number of unbranched alkanes of at least 4 members (excludes halogenated alkanes) is 1. The van der Waals surface area contributed by atoms with Crippen LogP contribution < -0.4 is 9.47 Å². The van der Waals surface area contributed by atoms with E-state index in [1.165, 1.54) is 0 Å². The second-order valence-electron chi connectivity index (χ2n) is 6.21. The Morgan fingerprint density at radius 1 is 0.962 bits per heavy atom. The van der Waals surface area contributed by atoms with Crippen LogP contribution in [-0.4, -0.2) is 78.6 Å². The van der Waals surface area contributed by atoms with Crippen molar-refractivity contribution in [2.45, 2.75) is 50.0 Å². The Labute approximate surface area is 152 Å². The van der Waals surface area contributed by atoms with Crippen LogP contribution in [0.5, 0.6) is 11.5 Å². The lowest BCUT2D eigenvalue weighted by Gasteiger charge is -2.39. The third kappa shape index (κ3) is 5.06. The van der Waals surface area contributed by atoms with Crippen LogP contribution in [0.3, 0.4) is 0 Å². The van der Waals surface area contributed by atoms with Crippen LogP contribution in [0, 0.1) is 0 Å². The smallest absolute Gasteiger partial charge is 0.186 e. The SMILES string of the molecule is COc1ccc(CCCCO[C@@H]2O[C@H](CO)[C@@H](O)[C@H](O)[C@H]2O)cc1OC. The zero-order chi connectivity index (χ0) is 19.1. The summed E-state index contributed by atoms with van der Waals surface area (Å²) in [5, 5.41) is 38.5. The Morgan fingerprint density at radius 3 is 2.35 bits per heavy atom. The Hall–Kier alpha value is -1.42. The summed E-state index contributed by atoms with van der Waals surface area (Å²) in [6.07, 6.45) is -3.82. The van der Waals surface area contributed by atoms with E-state index >= 15 is 0 Å². The highest BCUT2D eigenvalue weighted by atomic mass is 16.7. The number of aliphatic hydroxyl groups excluding tert-OH is 4. The van der Waals surface area contributed by atoms with Crippen molar-refractivity contribution >= 4 is 0 Å². The lowest BCUT2D eigenvalue weighted by Crippen LogP contribution is -2.59. The molecule has 0 bridgehead atoms. The van der Waals surface area contributed by atoms with Gasteiger partial charge in [-0.2, -0.15) is 0 Å². The van der Waals surface area contributed by atoms with Crippen LogP contribution in [0.2, 0.25) is 0 Å². The molecule has 1 aliphatic heterocycles. The molecule has 0 radical (unpaired) electrons. The van der Waals surface area contributed by atoms with E-state index in [9.17, 15) is 15.3 Å². The summed E-state index contributed by atoms with van der Waals surface area (Å²) in [5.41, 5.74) is 1.11. The lowest BCUT2D eigenvalue weighted by atomic mass is 9.99. The van der Waals surface area contributed by atoms with E-state index in [2.05, 4.69) is 0 Å². The molecule has 0 aliphatic carbocycles. The molecular formula is C18H28O8. The van der Waals surface area contributed by atoms with Crippen LogP contribution in [0.25, 0.3) is 0 Å². The maximum Gasteiger partial charge on any atom is 0.186 e. The molecule has 0 unspecified atom stereocenters. The van der Waals surface area contributed by atoms with E-state index in [0.29, 0.717) is 24.5 Å². The standard InChI is InChI=1S/C18H28O8/c1-23-12-7-6-11(9-13(12)24-2)5-3-4-8-25-18-17(22)16(21)15(20)14(10-19)26-18/h6-7,9,14-22H,3-5,8,10H2,1-2H3/t14-,15-,16+,17-,18-/m1/s1. The van der Waals surface area contributed by atoms with E-state index in [1.54, 1.807) is 14.2 Å². The van der Waals surface area contributed by atoms with Gasteiger partial charge in [-0.3, -0.25) is 0 Å². The third-order valence-electron chi connectivity index (χ3n) is 4.44. The van der Waals surface area contributed by atoms with E-state index < -0.39 is 37.3 Å². The number of ether oxygens (including phenoxy) is 4. The van der Waals surface area contributed by atoms with Crippen LogP contribution in [0.4, 0.5) is 0 Å². The van der Waals surface area contributed by atoms with Crippen molar-refractivity contribution in [3.05, 3.63) is 23.8 Å². The van der Waals surface area contributed by atoms with Crippen molar-refractivity contribution in [3.63, 3.8) is 0 Å². The van der Waals surface area contributed by atoms with Gasteiger partial charge in [0, 0.05) is 6.61 Å². The zero-order valence-electron chi connectivity index (χ0n) is 15.1. The largest absolute Gasteiger partial charge is 0.493 e. The second kappa shape index (κ2) is 10.1. The van der Waals surface area contributed by atoms with Gasteiger partial charge >= 0.3 is 0 Å². The number of aliphatic hydroxyl groups is 4. The van der Waals surface area contributed by atoms with Crippen molar-refractivity contribution < 1.29 is 39.4 Å². The first-order valence-electron chi connectivity index (χ1n) is 8.64. The summed E-state index contributed by atoms with van der Waals surface area (Å²) in [6, 6.07) is 5.76. The van der Waals surface area contributed by atoms with Crippen molar-refractivity contribution in [2.75, 3.05) is 27.4 Å². The summed E-state index contributed by atoms with van der Waals surface area (Å²) in [7, 11) is 3.18. The van der Waals surface area contributed by atoms with Gasteiger partial charge < -0.3 is 39.4 Å². The molecule has 8 heteroatoms. The van der Waals surface area contributed by atoms with Crippen LogP contribution >= 0.6 is 0 Å². The van der Waals surface area contributed by atoms with Crippen molar-refractivity contribution in [1.82, 2.24) is 0 Å². The monoisotopic (exact) mass is 372 g/mol. The van der Waals surface area contributed by atoms with Gasteiger partial charge in [-0.05, 0) is 37.0 Å². The summed E-state index contributed by atoms with van der Waals surface area (Å²) < 4.78 is 21.2. The molecule has 8 nitrogen and oxygen atoms in total. The molecule has 1 fully saturated rings. The Bertz CT molecular complexity index is 550. The normalized spacial score (nSPS) is 28.8. The van der Waals surface area contributed by atoms with Gasteiger partial charge in [-0.25, -0.2) is 0 Å². The first kappa shape index (κ1) is 20.9. The molecule has 1 aromatic rings. The molecular weight excluding hydrogens is 344 g/mol. The van der Waals surface area contributed by atoms with Crippen LogP contribution in [-0.2, 0) is 15.9 Å². The van der Waals surface area contributed by atoms with Crippen molar-refractivity contribution in [3.8, 4) is 11.5 Å². The maximum atomic E-state index is 9.90. The topological polar surface area (TPSA) is 118 Å². The lowest BCUT2D eigenvalue weighted by molar-refractivity contribution is -0.301. The molecule has 1 aliphatic rings. The first-order valence-corrected chi connectivity index (χ1v) is 8.64. The number of hydrogen-bond donors (Lipinski definition) is 4. The number of aryl methyl sites for hydroxylation is 1. The third-order valence-corrected chi connectivity index (χ3v) is 4.44. The molecule has 0 amide bonds. The first-order chi connectivity index (χ1) is 12.5. The van der Waals surface area contributed by atoms with Crippen molar-refractivity contribution in [1.29, 1.82) is 0 Å². The van der Waals surface area contributed by atoms with Gasteiger partial charge in [-0.1, -0.05) is 6.07 Å². The Kier molecular flexibility index (Phi) is 8.08. The zero-order valence-corrected chi connectivity index (χ0v) is 15.1.